The Bertz CT molecular complexity index is 754. The van der Waals surface area contributed by atoms with Crippen LogP contribution in [0.25, 0.3) is 0 Å². The van der Waals surface area contributed by atoms with Gasteiger partial charge in [-0.05, 0) is 30.5 Å². The summed E-state index contributed by atoms with van der Waals surface area (Å²) in [6, 6.07) is 13.0. The molecule has 0 aliphatic carbocycles. The van der Waals surface area contributed by atoms with Crippen molar-refractivity contribution in [1.29, 1.82) is 0 Å². The molecule has 0 atom stereocenters. The first kappa shape index (κ1) is 18.9. The van der Waals surface area contributed by atoms with Gasteiger partial charge in [-0.25, -0.2) is 4.98 Å². The number of hydrogen-bond donors (Lipinski definition) is 1. The molecule has 27 heavy (non-hydrogen) atoms. The van der Waals surface area contributed by atoms with Crippen molar-refractivity contribution in [1.82, 2.24) is 9.88 Å². The highest BCUT2D eigenvalue weighted by molar-refractivity contribution is 5.95. The molecule has 0 spiro atoms. The third kappa shape index (κ3) is 5.29. The SMILES string of the molecule is O=C(O)CN(Cc1ccccc1)C(=O)c1ccc(N2CCCCCC2)nc1. The van der Waals surface area contributed by atoms with E-state index in [0.29, 0.717) is 5.56 Å². The minimum absolute atomic E-state index is 0.250. The molecule has 6 heteroatoms. The number of rotatable bonds is 6. The summed E-state index contributed by atoms with van der Waals surface area (Å²) in [5.74, 6) is -0.481. The zero-order chi connectivity index (χ0) is 19.1. The Labute approximate surface area is 159 Å². The topological polar surface area (TPSA) is 73.7 Å². The van der Waals surface area contributed by atoms with Crippen LogP contribution in [0.2, 0.25) is 0 Å². The number of carbonyl (C=O) groups excluding carboxylic acids is 1. The summed E-state index contributed by atoms with van der Waals surface area (Å²) in [5, 5.41) is 9.18. The number of hydrogen-bond acceptors (Lipinski definition) is 4. The van der Waals surface area contributed by atoms with Crippen LogP contribution in [-0.2, 0) is 11.3 Å². The van der Waals surface area contributed by atoms with E-state index >= 15 is 0 Å². The molecule has 3 rings (SSSR count). The van der Waals surface area contributed by atoms with Crippen molar-refractivity contribution in [3.05, 3.63) is 59.8 Å². The van der Waals surface area contributed by atoms with Crippen LogP contribution in [0.4, 0.5) is 5.82 Å². The minimum atomic E-state index is -1.03. The molecular weight excluding hydrogens is 342 g/mol. The van der Waals surface area contributed by atoms with Gasteiger partial charge in [0.25, 0.3) is 5.91 Å². The Morgan fingerprint density at radius 3 is 2.30 bits per heavy atom. The zero-order valence-electron chi connectivity index (χ0n) is 15.4. The van der Waals surface area contributed by atoms with E-state index in [1.165, 1.54) is 17.7 Å². The lowest BCUT2D eigenvalue weighted by Crippen LogP contribution is -2.35. The highest BCUT2D eigenvalue weighted by Crippen LogP contribution is 2.18. The molecular formula is C21H25N3O3. The second kappa shape index (κ2) is 9.16. The Kier molecular flexibility index (Phi) is 6.41. The summed E-state index contributed by atoms with van der Waals surface area (Å²) in [7, 11) is 0. The monoisotopic (exact) mass is 367 g/mol. The highest BCUT2D eigenvalue weighted by Gasteiger charge is 2.20. The Morgan fingerprint density at radius 2 is 1.70 bits per heavy atom. The van der Waals surface area contributed by atoms with Gasteiger partial charge in [-0.1, -0.05) is 43.2 Å². The Hall–Kier alpha value is -2.89. The molecule has 1 N–H and O–H groups in total. The predicted octanol–water partition coefficient (Wildman–Crippen LogP) is 3.19. The van der Waals surface area contributed by atoms with Gasteiger partial charge in [-0.15, -0.1) is 0 Å². The summed E-state index contributed by atoms with van der Waals surface area (Å²) in [4.78, 5) is 32.1. The summed E-state index contributed by atoms with van der Waals surface area (Å²) in [6.45, 7) is 1.88. The molecule has 0 saturated carbocycles. The van der Waals surface area contributed by atoms with E-state index in [1.807, 2.05) is 36.4 Å². The fourth-order valence-electron chi connectivity index (χ4n) is 3.35. The van der Waals surface area contributed by atoms with Gasteiger partial charge in [0.2, 0.25) is 0 Å². The van der Waals surface area contributed by atoms with Crippen LogP contribution in [0.1, 0.15) is 41.6 Å². The molecule has 1 amide bonds. The molecule has 0 radical (unpaired) electrons. The first-order valence-corrected chi connectivity index (χ1v) is 9.39. The number of nitrogens with zero attached hydrogens (tertiary/aromatic N) is 3. The zero-order valence-corrected chi connectivity index (χ0v) is 15.4. The van der Waals surface area contributed by atoms with Crippen LogP contribution < -0.4 is 4.90 Å². The third-order valence-corrected chi connectivity index (χ3v) is 4.75. The molecule has 1 aromatic carbocycles. The van der Waals surface area contributed by atoms with E-state index in [1.54, 1.807) is 12.3 Å². The van der Waals surface area contributed by atoms with Crippen LogP contribution in [0.3, 0.4) is 0 Å². The highest BCUT2D eigenvalue weighted by atomic mass is 16.4. The van der Waals surface area contributed by atoms with Gasteiger partial charge in [0, 0.05) is 25.8 Å². The maximum absolute atomic E-state index is 12.8. The van der Waals surface area contributed by atoms with Gasteiger partial charge in [0.15, 0.2) is 0 Å². The number of carboxylic acid groups (broad SMARTS) is 1. The second-order valence-corrected chi connectivity index (χ2v) is 6.85. The van der Waals surface area contributed by atoms with Crippen molar-refractivity contribution in [3.63, 3.8) is 0 Å². The molecule has 1 fully saturated rings. The van der Waals surface area contributed by atoms with Crippen molar-refractivity contribution in [2.45, 2.75) is 32.2 Å². The molecule has 2 heterocycles. The number of amides is 1. The minimum Gasteiger partial charge on any atom is -0.480 e. The van der Waals surface area contributed by atoms with E-state index in [0.717, 1.165) is 37.3 Å². The molecule has 1 saturated heterocycles. The largest absolute Gasteiger partial charge is 0.480 e. The van der Waals surface area contributed by atoms with Gasteiger partial charge in [0.1, 0.15) is 12.4 Å². The maximum atomic E-state index is 12.8. The number of anilines is 1. The standard InChI is InChI=1S/C21H25N3O3/c25-20(26)16-24(15-17-8-4-3-5-9-17)21(27)18-10-11-19(22-14-18)23-12-6-1-2-7-13-23/h3-5,8-11,14H,1-2,6-7,12-13,15-16H2,(H,25,26). The summed E-state index contributed by atoms with van der Waals surface area (Å²) >= 11 is 0. The van der Waals surface area contributed by atoms with Crippen molar-refractivity contribution < 1.29 is 14.7 Å². The Morgan fingerprint density at radius 1 is 1.00 bits per heavy atom. The molecule has 1 aromatic heterocycles. The maximum Gasteiger partial charge on any atom is 0.323 e. The fraction of sp³-hybridized carbons (Fsp3) is 0.381. The first-order chi connectivity index (χ1) is 13.1. The van der Waals surface area contributed by atoms with E-state index in [-0.39, 0.29) is 19.0 Å². The average Bonchev–Trinajstić information content (AvgIpc) is 2.97. The quantitative estimate of drug-likeness (QED) is 0.849. The van der Waals surface area contributed by atoms with Gasteiger partial charge in [-0.3, -0.25) is 9.59 Å². The number of aliphatic carboxylic acids is 1. The lowest BCUT2D eigenvalue weighted by molar-refractivity contribution is -0.137. The van der Waals surface area contributed by atoms with Crippen LogP contribution in [0, 0.1) is 0 Å². The second-order valence-electron chi connectivity index (χ2n) is 6.85. The van der Waals surface area contributed by atoms with Crippen LogP contribution in [0.15, 0.2) is 48.7 Å². The molecule has 1 aliphatic heterocycles. The van der Waals surface area contributed by atoms with Crippen LogP contribution >= 0.6 is 0 Å². The summed E-state index contributed by atoms with van der Waals surface area (Å²) < 4.78 is 0. The van der Waals surface area contributed by atoms with Crippen molar-refractivity contribution in [2.24, 2.45) is 0 Å². The first-order valence-electron chi connectivity index (χ1n) is 9.39. The molecule has 2 aromatic rings. The number of carbonyl (C=O) groups is 2. The van der Waals surface area contributed by atoms with Gasteiger partial charge < -0.3 is 14.9 Å². The molecule has 142 valence electrons. The van der Waals surface area contributed by atoms with Gasteiger partial charge in [-0.2, -0.15) is 0 Å². The lowest BCUT2D eigenvalue weighted by Gasteiger charge is -2.23. The summed E-state index contributed by atoms with van der Waals surface area (Å²) in [5.41, 5.74) is 1.30. The van der Waals surface area contributed by atoms with E-state index in [9.17, 15) is 14.7 Å². The van der Waals surface area contributed by atoms with Gasteiger partial charge in [0.05, 0.1) is 5.56 Å². The van der Waals surface area contributed by atoms with Crippen molar-refractivity contribution in [2.75, 3.05) is 24.5 Å². The normalized spacial score (nSPS) is 14.4. The fourth-order valence-corrected chi connectivity index (χ4v) is 3.35. The van der Waals surface area contributed by atoms with Crippen molar-refractivity contribution >= 4 is 17.7 Å². The smallest absolute Gasteiger partial charge is 0.323 e. The van der Waals surface area contributed by atoms with Gasteiger partial charge >= 0.3 is 5.97 Å². The molecule has 0 unspecified atom stereocenters. The van der Waals surface area contributed by atoms with E-state index < -0.39 is 5.97 Å². The van der Waals surface area contributed by atoms with Crippen LogP contribution in [-0.4, -0.2) is 46.5 Å². The van der Waals surface area contributed by atoms with E-state index in [2.05, 4.69) is 9.88 Å². The number of benzene rings is 1. The molecule has 0 bridgehead atoms. The predicted molar refractivity (Wildman–Crippen MR) is 104 cm³/mol. The molecule has 1 aliphatic rings. The van der Waals surface area contributed by atoms with E-state index in [4.69, 9.17) is 0 Å². The van der Waals surface area contributed by atoms with Crippen molar-refractivity contribution in [3.8, 4) is 0 Å². The third-order valence-electron chi connectivity index (χ3n) is 4.75. The van der Waals surface area contributed by atoms with Crippen LogP contribution in [0.5, 0.6) is 0 Å². The number of carboxylic acids is 1. The number of pyridine rings is 1. The Balaban J connectivity index is 1.73. The number of aromatic nitrogens is 1. The average molecular weight is 367 g/mol. The molecule has 6 nitrogen and oxygen atoms in total. The summed E-state index contributed by atoms with van der Waals surface area (Å²) in [6.07, 6.45) is 6.37. The lowest BCUT2D eigenvalue weighted by atomic mass is 10.2.